The highest BCUT2D eigenvalue weighted by Gasteiger charge is 2.59. The molecule has 4 bridgehead atoms. The van der Waals surface area contributed by atoms with E-state index in [1.54, 1.807) is 12.3 Å². The lowest BCUT2D eigenvalue weighted by atomic mass is 9.54. The standard InChI is InChI=1S/C24H29FN2O3/c1-13(17-11-26-18-5-6-19(21(25)20(17)18)30-16-3-4-16)22(28)27-14-7-23(2)8-15(27)10-24(29,9-14)12-23/h5-6,11,13-16,26,29H,3-4,7-10,12H2,1-2H3. The number of aromatic nitrogens is 1. The fourth-order valence-corrected chi connectivity index (χ4v) is 6.80. The molecule has 1 aromatic heterocycles. The number of amides is 1. The Bertz CT molecular complexity index is 1010. The number of hydrogen-bond donors (Lipinski definition) is 2. The number of carbonyl (C=O) groups excluding carboxylic acids is 1. The van der Waals surface area contributed by atoms with Gasteiger partial charge in [0.25, 0.3) is 0 Å². The van der Waals surface area contributed by atoms with Crippen LogP contribution in [0.5, 0.6) is 5.75 Å². The molecule has 2 aromatic rings. The fourth-order valence-electron chi connectivity index (χ4n) is 6.80. The van der Waals surface area contributed by atoms with Gasteiger partial charge in [0.2, 0.25) is 5.91 Å². The zero-order valence-corrected chi connectivity index (χ0v) is 17.6. The van der Waals surface area contributed by atoms with Gasteiger partial charge in [0.1, 0.15) is 0 Å². The second-order valence-electron chi connectivity index (χ2n) is 10.7. The Labute approximate surface area is 175 Å². The van der Waals surface area contributed by atoms with Gasteiger partial charge < -0.3 is 19.7 Å². The van der Waals surface area contributed by atoms with Crippen LogP contribution in [0.25, 0.3) is 10.9 Å². The lowest BCUT2D eigenvalue weighted by Gasteiger charge is -2.64. The number of ether oxygens (including phenoxy) is 1. The van der Waals surface area contributed by atoms with Crippen LogP contribution >= 0.6 is 0 Å². The smallest absolute Gasteiger partial charge is 0.230 e. The van der Waals surface area contributed by atoms with E-state index in [1.807, 2.05) is 17.9 Å². The molecule has 2 aliphatic heterocycles. The summed E-state index contributed by atoms with van der Waals surface area (Å²) < 4.78 is 21.0. The lowest BCUT2D eigenvalue weighted by Crippen LogP contribution is -2.68. The van der Waals surface area contributed by atoms with Crippen molar-refractivity contribution >= 4 is 16.8 Å². The molecule has 30 heavy (non-hydrogen) atoms. The molecule has 3 atom stereocenters. The average molecular weight is 413 g/mol. The van der Waals surface area contributed by atoms with Crippen molar-refractivity contribution in [3.05, 3.63) is 29.7 Å². The quantitative estimate of drug-likeness (QED) is 0.789. The molecule has 2 N–H and O–H groups in total. The predicted molar refractivity (Wildman–Crippen MR) is 111 cm³/mol. The number of fused-ring (bicyclic) bond motifs is 1. The summed E-state index contributed by atoms with van der Waals surface area (Å²) in [5.41, 5.74) is 0.880. The number of carbonyl (C=O) groups is 1. The minimum absolute atomic E-state index is 0.0461. The first-order valence-electron chi connectivity index (χ1n) is 11.3. The van der Waals surface area contributed by atoms with Gasteiger partial charge in [0, 0.05) is 29.2 Å². The van der Waals surface area contributed by atoms with E-state index in [1.165, 1.54) is 0 Å². The first-order valence-corrected chi connectivity index (χ1v) is 11.3. The first-order chi connectivity index (χ1) is 14.3. The molecular weight excluding hydrogens is 383 g/mol. The summed E-state index contributed by atoms with van der Waals surface area (Å²) in [4.78, 5) is 18.8. The number of benzene rings is 1. The largest absolute Gasteiger partial charge is 0.487 e. The summed E-state index contributed by atoms with van der Waals surface area (Å²) in [6.45, 7) is 4.12. The van der Waals surface area contributed by atoms with Crippen molar-refractivity contribution in [2.75, 3.05) is 0 Å². The van der Waals surface area contributed by atoms with E-state index >= 15 is 4.39 Å². The molecule has 7 rings (SSSR count). The molecule has 3 aliphatic carbocycles. The maximum atomic E-state index is 15.3. The summed E-state index contributed by atoms with van der Waals surface area (Å²) >= 11 is 0. The van der Waals surface area contributed by atoms with Crippen molar-refractivity contribution in [2.24, 2.45) is 5.41 Å². The number of H-pyrrole nitrogens is 1. The van der Waals surface area contributed by atoms with E-state index in [0.717, 1.165) is 32.1 Å². The van der Waals surface area contributed by atoms with Gasteiger partial charge in [-0.05, 0) is 75.0 Å². The van der Waals surface area contributed by atoms with Crippen LogP contribution in [0.1, 0.15) is 70.3 Å². The summed E-state index contributed by atoms with van der Waals surface area (Å²) in [6.07, 6.45) is 7.90. The lowest BCUT2D eigenvalue weighted by molar-refractivity contribution is -0.193. The molecule has 5 nitrogen and oxygen atoms in total. The molecule has 2 saturated heterocycles. The van der Waals surface area contributed by atoms with E-state index in [4.69, 9.17) is 4.74 Å². The van der Waals surface area contributed by atoms with E-state index < -0.39 is 11.5 Å². The molecule has 0 spiro atoms. The number of hydrogen-bond acceptors (Lipinski definition) is 3. The molecule has 0 radical (unpaired) electrons. The minimum atomic E-state index is -0.622. The van der Waals surface area contributed by atoms with Crippen LogP contribution in [0, 0.1) is 11.2 Å². The zero-order chi connectivity index (χ0) is 20.8. The fraction of sp³-hybridized carbons (Fsp3) is 0.625. The van der Waals surface area contributed by atoms with Crippen molar-refractivity contribution in [2.45, 2.75) is 88.5 Å². The number of aromatic amines is 1. The van der Waals surface area contributed by atoms with Crippen molar-refractivity contribution < 1.29 is 19.0 Å². The van der Waals surface area contributed by atoms with Gasteiger partial charge in [-0.1, -0.05) is 6.92 Å². The molecule has 6 heteroatoms. The number of nitrogens with one attached hydrogen (secondary N) is 1. The van der Waals surface area contributed by atoms with Crippen molar-refractivity contribution in [3.8, 4) is 5.75 Å². The topological polar surface area (TPSA) is 65.6 Å². The molecule has 5 fully saturated rings. The van der Waals surface area contributed by atoms with Crippen LogP contribution in [0.4, 0.5) is 4.39 Å². The number of nitrogens with zero attached hydrogens (tertiary/aromatic N) is 1. The average Bonchev–Trinajstić information content (AvgIpc) is 3.36. The Kier molecular flexibility index (Phi) is 3.73. The number of aliphatic hydroxyl groups is 1. The highest BCUT2D eigenvalue weighted by atomic mass is 19.1. The van der Waals surface area contributed by atoms with Crippen molar-refractivity contribution in [1.82, 2.24) is 9.88 Å². The second-order valence-corrected chi connectivity index (χ2v) is 10.7. The Morgan fingerprint density at radius 2 is 1.97 bits per heavy atom. The van der Waals surface area contributed by atoms with Crippen LogP contribution < -0.4 is 4.74 Å². The highest BCUT2D eigenvalue weighted by molar-refractivity contribution is 5.93. The van der Waals surface area contributed by atoms with Crippen LogP contribution in [-0.2, 0) is 4.79 Å². The molecule has 160 valence electrons. The van der Waals surface area contributed by atoms with Crippen molar-refractivity contribution in [3.63, 3.8) is 0 Å². The Hall–Kier alpha value is -2.08. The van der Waals surface area contributed by atoms with Gasteiger partial charge in [-0.3, -0.25) is 4.79 Å². The predicted octanol–water partition coefficient (Wildman–Crippen LogP) is 4.25. The van der Waals surface area contributed by atoms with Crippen molar-refractivity contribution in [1.29, 1.82) is 0 Å². The van der Waals surface area contributed by atoms with Gasteiger partial charge in [0.15, 0.2) is 11.6 Å². The normalized spacial score (nSPS) is 35.8. The monoisotopic (exact) mass is 412 g/mol. The highest BCUT2D eigenvalue weighted by Crippen LogP contribution is 2.58. The van der Waals surface area contributed by atoms with Gasteiger partial charge >= 0.3 is 0 Å². The van der Waals surface area contributed by atoms with E-state index in [9.17, 15) is 9.90 Å². The van der Waals surface area contributed by atoms with Gasteiger partial charge in [-0.2, -0.15) is 0 Å². The molecule has 3 saturated carbocycles. The Morgan fingerprint density at radius 3 is 2.60 bits per heavy atom. The maximum Gasteiger partial charge on any atom is 0.230 e. The van der Waals surface area contributed by atoms with Crippen LogP contribution in [0.3, 0.4) is 0 Å². The SMILES string of the molecule is CC(C(=O)N1C2CC3(C)CC1CC(O)(C2)C3)c1c[nH]c2ccc(OC3CC3)c(F)c12. The molecule has 1 aromatic carbocycles. The Balaban J connectivity index is 1.33. The van der Waals surface area contributed by atoms with Gasteiger partial charge in [-0.25, -0.2) is 4.39 Å². The third-order valence-corrected chi connectivity index (χ3v) is 7.92. The van der Waals surface area contributed by atoms with E-state index in [0.29, 0.717) is 29.3 Å². The van der Waals surface area contributed by atoms with Gasteiger partial charge in [0.05, 0.1) is 17.6 Å². The zero-order valence-electron chi connectivity index (χ0n) is 17.6. The third kappa shape index (κ3) is 2.72. The third-order valence-electron chi connectivity index (χ3n) is 7.92. The molecule has 1 amide bonds. The molecule has 5 aliphatic rings. The number of piperidine rings is 2. The summed E-state index contributed by atoms with van der Waals surface area (Å²) in [5.74, 6) is -0.512. The maximum absolute atomic E-state index is 15.3. The van der Waals surface area contributed by atoms with Crippen LogP contribution in [-0.4, -0.2) is 44.7 Å². The van der Waals surface area contributed by atoms with Crippen LogP contribution in [0.15, 0.2) is 18.3 Å². The summed E-state index contributed by atoms with van der Waals surface area (Å²) in [5, 5.41) is 11.4. The molecular formula is C24H29FN2O3. The summed E-state index contributed by atoms with van der Waals surface area (Å²) in [6, 6.07) is 3.67. The second kappa shape index (κ2) is 6.00. The van der Waals surface area contributed by atoms with E-state index in [2.05, 4.69) is 11.9 Å². The molecule has 3 heterocycles. The summed E-state index contributed by atoms with van der Waals surface area (Å²) in [7, 11) is 0. The molecule has 3 unspecified atom stereocenters. The van der Waals surface area contributed by atoms with E-state index in [-0.39, 0.29) is 41.1 Å². The Morgan fingerprint density at radius 1 is 1.27 bits per heavy atom. The number of rotatable bonds is 4. The number of halogens is 1. The minimum Gasteiger partial charge on any atom is -0.487 e. The van der Waals surface area contributed by atoms with Crippen LogP contribution in [0.2, 0.25) is 0 Å². The van der Waals surface area contributed by atoms with Gasteiger partial charge in [-0.15, -0.1) is 0 Å². The first kappa shape index (κ1) is 18.7.